The average molecular weight is 245 g/mol. The number of rotatable bonds is 7. The van der Waals surface area contributed by atoms with Crippen molar-refractivity contribution in [1.29, 1.82) is 0 Å². The van der Waals surface area contributed by atoms with Gasteiger partial charge in [0.15, 0.2) is 0 Å². The highest BCUT2D eigenvalue weighted by Crippen LogP contribution is 2.04. The van der Waals surface area contributed by atoms with E-state index in [0.29, 0.717) is 0 Å². The van der Waals surface area contributed by atoms with Crippen LogP contribution in [0.5, 0.6) is 0 Å². The molecule has 4 heteroatoms. The maximum absolute atomic E-state index is 8.75. The van der Waals surface area contributed by atoms with Gasteiger partial charge in [-0.1, -0.05) is 35.5 Å². The zero-order valence-electron chi connectivity index (χ0n) is 10.5. The number of hydrogen-bond acceptors (Lipinski definition) is 3. The first-order chi connectivity index (χ1) is 8.88. The van der Waals surface area contributed by atoms with Gasteiger partial charge in [0.05, 0.1) is 5.69 Å². The van der Waals surface area contributed by atoms with Gasteiger partial charge in [0.1, 0.15) is 0 Å². The van der Waals surface area contributed by atoms with Gasteiger partial charge in [-0.05, 0) is 31.2 Å². The van der Waals surface area contributed by atoms with E-state index >= 15 is 0 Å². The predicted molar refractivity (Wildman–Crippen MR) is 70.2 cm³/mol. The minimum Gasteiger partial charge on any atom is -0.396 e. The van der Waals surface area contributed by atoms with Gasteiger partial charge in [0.2, 0.25) is 0 Å². The quantitative estimate of drug-likeness (QED) is 0.809. The summed E-state index contributed by atoms with van der Waals surface area (Å²) >= 11 is 0. The van der Waals surface area contributed by atoms with Crippen molar-refractivity contribution in [2.45, 2.75) is 32.2 Å². The lowest BCUT2D eigenvalue weighted by Gasteiger charge is -2.01. The standard InChI is InChI=1S/C14H19N3O/c18-11-5-9-14-12-17(16-15-14)10-4-8-13-6-2-1-3-7-13/h1-3,6-7,12,18H,4-5,8-11H2. The Morgan fingerprint density at radius 3 is 2.67 bits per heavy atom. The van der Waals surface area contributed by atoms with E-state index in [1.165, 1.54) is 5.56 Å². The number of nitrogens with zero attached hydrogens (tertiary/aromatic N) is 3. The van der Waals surface area contributed by atoms with Gasteiger partial charge < -0.3 is 5.11 Å². The van der Waals surface area contributed by atoms with Crippen molar-refractivity contribution in [3.8, 4) is 0 Å². The molecule has 2 aromatic rings. The van der Waals surface area contributed by atoms with Crippen LogP contribution in [0, 0.1) is 0 Å². The summed E-state index contributed by atoms with van der Waals surface area (Å²) in [7, 11) is 0. The van der Waals surface area contributed by atoms with Crippen molar-refractivity contribution in [3.63, 3.8) is 0 Å². The number of aliphatic hydroxyl groups excluding tert-OH is 1. The minimum atomic E-state index is 0.209. The fourth-order valence-electron chi connectivity index (χ4n) is 1.91. The summed E-state index contributed by atoms with van der Waals surface area (Å²) in [5.74, 6) is 0. The van der Waals surface area contributed by atoms with Crippen LogP contribution in [0.4, 0.5) is 0 Å². The molecule has 1 N–H and O–H groups in total. The summed E-state index contributed by atoms with van der Waals surface area (Å²) < 4.78 is 1.88. The Kier molecular flexibility index (Phi) is 4.90. The largest absolute Gasteiger partial charge is 0.396 e. The van der Waals surface area contributed by atoms with Crippen LogP contribution in [-0.2, 0) is 19.4 Å². The van der Waals surface area contributed by atoms with Crippen molar-refractivity contribution in [1.82, 2.24) is 15.0 Å². The summed E-state index contributed by atoms with van der Waals surface area (Å²) in [5, 5.41) is 16.9. The van der Waals surface area contributed by atoms with Gasteiger partial charge in [0.25, 0.3) is 0 Å². The topological polar surface area (TPSA) is 50.9 Å². The first-order valence-corrected chi connectivity index (χ1v) is 6.42. The van der Waals surface area contributed by atoms with E-state index in [4.69, 9.17) is 5.11 Å². The molecule has 0 saturated carbocycles. The molecular formula is C14H19N3O. The van der Waals surface area contributed by atoms with Crippen LogP contribution in [0.25, 0.3) is 0 Å². The van der Waals surface area contributed by atoms with E-state index in [9.17, 15) is 0 Å². The summed E-state index contributed by atoms with van der Waals surface area (Å²) in [5.41, 5.74) is 2.32. The monoisotopic (exact) mass is 245 g/mol. The molecule has 0 atom stereocenters. The SMILES string of the molecule is OCCCc1cn(CCCc2ccccc2)nn1. The van der Waals surface area contributed by atoms with Crippen molar-refractivity contribution < 1.29 is 5.11 Å². The second-order valence-electron chi connectivity index (χ2n) is 4.39. The van der Waals surface area contributed by atoms with E-state index < -0.39 is 0 Å². The van der Waals surface area contributed by atoms with Crippen LogP contribution in [0.3, 0.4) is 0 Å². The number of hydrogen-bond donors (Lipinski definition) is 1. The van der Waals surface area contributed by atoms with Gasteiger partial charge in [0, 0.05) is 19.3 Å². The Bertz CT molecular complexity index is 453. The van der Waals surface area contributed by atoms with Crippen molar-refractivity contribution in [3.05, 3.63) is 47.8 Å². The molecule has 0 radical (unpaired) electrons. The van der Waals surface area contributed by atoms with Gasteiger partial charge in [-0.15, -0.1) is 5.10 Å². The highest BCUT2D eigenvalue weighted by molar-refractivity contribution is 5.14. The van der Waals surface area contributed by atoms with Crippen molar-refractivity contribution >= 4 is 0 Å². The third-order valence-electron chi connectivity index (χ3n) is 2.87. The van der Waals surface area contributed by atoms with Gasteiger partial charge >= 0.3 is 0 Å². The lowest BCUT2D eigenvalue weighted by Crippen LogP contribution is -2.00. The summed E-state index contributed by atoms with van der Waals surface area (Å²) in [6.45, 7) is 1.10. The van der Waals surface area contributed by atoms with Crippen LogP contribution in [0.15, 0.2) is 36.5 Å². The molecule has 0 saturated heterocycles. The number of aryl methyl sites for hydroxylation is 3. The van der Waals surface area contributed by atoms with Gasteiger partial charge in [-0.3, -0.25) is 4.68 Å². The third kappa shape index (κ3) is 3.96. The normalized spacial score (nSPS) is 10.7. The molecule has 96 valence electrons. The zero-order valence-corrected chi connectivity index (χ0v) is 10.5. The molecule has 0 unspecified atom stereocenters. The van der Waals surface area contributed by atoms with Crippen LogP contribution in [-0.4, -0.2) is 26.7 Å². The first-order valence-electron chi connectivity index (χ1n) is 6.42. The second-order valence-corrected chi connectivity index (χ2v) is 4.39. The maximum atomic E-state index is 8.75. The highest BCUT2D eigenvalue weighted by Gasteiger charge is 2.00. The van der Waals surface area contributed by atoms with E-state index in [2.05, 4.69) is 34.6 Å². The summed E-state index contributed by atoms with van der Waals surface area (Å²) in [4.78, 5) is 0. The molecule has 18 heavy (non-hydrogen) atoms. The Labute approximate surface area is 107 Å². The Morgan fingerprint density at radius 1 is 1.06 bits per heavy atom. The fraction of sp³-hybridized carbons (Fsp3) is 0.429. The third-order valence-corrected chi connectivity index (χ3v) is 2.87. The zero-order chi connectivity index (χ0) is 12.6. The second kappa shape index (κ2) is 6.91. The summed E-state index contributed by atoms with van der Waals surface area (Å²) in [6, 6.07) is 10.5. The Morgan fingerprint density at radius 2 is 1.89 bits per heavy atom. The van der Waals surface area contributed by atoms with Crippen LogP contribution < -0.4 is 0 Å². The molecule has 0 aliphatic carbocycles. The molecule has 0 fully saturated rings. The molecule has 0 spiro atoms. The van der Waals surface area contributed by atoms with Crippen LogP contribution in [0.1, 0.15) is 24.1 Å². The number of aliphatic hydroxyl groups is 1. The van der Waals surface area contributed by atoms with E-state index in [-0.39, 0.29) is 6.61 Å². The molecule has 0 bridgehead atoms. The van der Waals surface area contributed by atoms with Crippen molar-refractivity contribution in [2.75, 3.05) is 6.61 Å². The molecule has 1 heterocycles. The van der Waals surface area contributed by atoms with Gasteiger partial charge in [-0.2, -0.15) is 0 Å². The first kappa shape index (κ1) is 12.8. The molecule has 1 aromatic heterocycles. The lowest BCUT2D eigenvalue weighted by atomic mass is 10.1. The molecule has 0 aliphatic heterocycles. The van der Waals surface area contributed by atoms with E-state index in [1.807, 2.05) is 16.9 Å². The highest BCUT2D eigenvalue weighted by atomic mass is 16.2. The number of benzene rings is 1. The molecule has 1 aromatic carbocycles. The average Bonchev–Trinajstić information content (AvgIpc) is 2.85. The van der Waals surface area contributed by atoms with Crippen LogP contribution >= 0.6 is 0 Å². The summed E-state index contributed by atoms with van der Waals surface area (Å²) in [6.07, 6.45) is 5.65. The van der Waals surface area contributed by atoms with Crippen LogP contribution in [0.2, 0.25) is 0 Å². The number of aromatic nitrogens is 3. The smallest absolute Gasteiger partial charge is 0.0828 e. The Balaban J connectivity index is 1.75. The predicted octanol–water partition coefficient (Wildman–Crippen LogP) is 1.84. The maximum Gasteiger partial charge on any atom is 0.0828 e. The molecule has 2 rings (SSSR count). The van der Waals surface area contributed by atoms with Crippen molar-refractivity contribution in [2.24, 2.45) is 0 Å². The minimum absolute atomic E-state index is 0.209. The molecular weight excluding hydrogens is 226 g/mol. The molecule has 4 nitrogen and oxygen atoms in total. The van der Waals surface area contributed by atoms with Gasteiger partial charge in [-0.25, -0.2) is 0 Å². The molecule has 0 amide bonds. The molecule has 0 aliphatic rings. The lowest BCUT2D eigenvalue weighted by molar-refractivity contribution is 0.288. The Hall–Kier alpha value is -1.68. The van der Waals surface area contributed by atoms with E-state index in [0.717, 1.165) is 37.9 Å². The fourth-order valence-corrected chi connectivity index (χ4v) is 1.91. The van der Waals surface area contributed by atoms with E-state index in [1.54, 1.807) is 0 Å².